The number of rotatable bonds is 4. The lowest BCUT2D eigenvalue weighted by atomic mass is 9.72. The Morgan fingerprint density at radius 2 is 0.479 bits per heavy atom. The van der Waals surface area contributed by atoms with Gasteiger partial charge >= 0.3 is 23.9 Å². The van der Waals surface area contributed by atoms with Gasteiger partial charge in [-0.05, 0) is 52.0 Å². The first-order valence-electron chi connectivity index (χ1n) is 28.2. The van der Waals surface area contributed by atoms with Gasteiger partial charge in [0.25, 0.3) is 47.3 Å². The molecule has 0 radical (unpaired) electrons. The summed E-state index contributed by atoms with van der Waals surface area (Å²) in [5.41, 5.74) is -11.0. The van der Waals surface area contributed by atoms with E-state index in [9.17, 15) is 57.5 Å². The van der Waals surface area contributed by atoms with Crippen LogP contribution in [0.15, 0.2) is 117 Å². The van der Waals surface area contributed by atoms with E-state index in [0.29, 0.717) is 44.5 Å². The van der Waals surface area contributed by atoms with Crippen molar-refractivity contribution in [2.24, 2.45) is 20.0 Å². The molecule has 12 rings (SSSR count). The van der Waals surface area contributed by atoms with Crippen molar-refractivity contribution in [3.8, 4) is 0 Å². The summed E-state index contributed by atoms with van der Waals surface area (Å²) in [6.07, 6.45) is 0. The van der Waals surface area contributed by atoms with Crippen LogP contribution in [-0.4, -0.2) is 215 Å². The van der Waals surface area contributed by atoms with Crippen LogP contribution < -0.4 is 0 Å². The lowest BCUT2D eigenvalue weighted by molar-refractivity contribution is -0.166. The third-order valence-electron chi connectivity index (χ3n) is 17.6. The number of nitrogens with zero attached hydrogens (tertiary/aromatic N) is 8. The van der Waals surface area contributed by atoms with Crippen LogP contribution in [0, 0.1) is 0 Å². The lowest BCUT2D eigenvalue weighted by Crippen LogP contribution is -2.64. The molecule has 32 nitrogen and oxygen atoms in total. The second-order valence-electron chi connectivity index (χ2n) is 22.8. The molecule has 512 valence electrons. The summed E-state index contributed by atoms with van der Waals surface area (Å²) >= 11 is 0. The van der Waals surface area contributed by atoms with Crippen molar-refractivity contribution in [1.29, 1.82) is 0 Å². The molecule has 4 aromatic rings. The van der Waals surface area contributed by atoms with Crippen molar-refractivity contribution >= 4 is 94.7 Å². The molecule has 8 aliphatic rings. The minimum Gasteiger partial charge on any atom is -0.467 e. The monoisotopic (exact) mass is 1340 g/mol. The van der Waals surface area contributed by atoms with E-state index < -0.39 is 116 Å². The molecule has 8 aliphatic heterocycles. The van der Waals surface area contributed by atoms with E-state index in [1.54, 1.807) is 125 Å². The number of carbonyl (C=O) groups excluding carboxylic acids is 12. The molecular weight excluding hydrogens is 1260 g/mol. The topological polar surface area (TPSA) is 467 Å². The largest absolute Gasteiger partial charge is 0.467 e. The molecule has 4 aromatic carbocycles. The van der Waals surface area contributed by atoms with Gasteiger partial charge in [-0.3, -0.25) is 58.0 Å². The normalized spacial score (nSPS) is 28.0. The summed E-state index contributed by atoms with van der Waals surface area (Å²) in [5, 5.41) is 0. The van der Waals surface area contributed by atoms with Crippen molar-refractivity contribution in [3.63, 3.8) is 0 Å². The molecule has 0 aliphatic carbocycles. The van der Waals surface area contributed by atoms with Crippen molar-refractivity contribution in [3.05, 3.63) is 142 Å². The Kier molecular flexibility index (Phi) is 20.6. The molecule has 32 heteroatoms. The number of benzene rings is 4. The maximum absolute atomic E-state index is 13.0. The van der Waals surface area contributed by atoms with Gasteiger partial charge in [-0.15, -0.1) is 0 Å². The van der Waals surface area contributed by atoms with Crippen molar-refractivity contribution in [2.45, 2.75) is 99.9 Å². The molecule has 4 spiro atoms. The van der Waals surface area contributed by atoms with Crippen LogP contribution >= 0.6 is 0 Å². The summed E-state index contributed by atoms with van der Waals surface area (Å²) in [6, 6.07) is 26.3. The van der Waals surface area contributed by atoms with E-state index in [2.05, 4.69) is 20.0 Å². The summed E-state index contributed by atoms with van der Waals surface area (Å²) in [4.78, 5) is 172. The van der Waals surface area contributed by atoms with Gasteiger partial charge in [0, 0.05) is 100 Å². The van der Waals surface area contributed by atoms with E-state index in [0.717, 1.165) is 19.6 Å². The second kappa shape index (κ2) is 26.1. The van der Waals surface area contributed by atoms with E-state index in [1.807, 2.05) is 0 Å². The number of methoxy groups -OCH3 is 4. The fraction of sp³-hybridized carbons (Fsp3) is 0.375. The van der Waals surface area contributed by atoms with E-state index in [-0.39, 0.29) is 45.5 Å². The molecule has 0 saturated heterocycles. The number of amides is 8. The first kappa shape index (κ1) is 75.8. The van der Waals surface area contributed by atoms with E-state index in [1.165, 1.54) is 84.3 Å². The van der Waals surface area contributed by atoms with Gasteiger partial charge < -0.3 is 59.8 Å². The van der Waals surface area contributed by atoms with Gasteiger partial charge in [0.1, 0.15) is 0 Å². The summed E-state index contributed by atoms with van der Waals surface area (Å²) in [7, 11) is 10.3. The zero-order valence-electron chi connectivity index (χ0n) is 55.0. The predicted octanol–water partition coefficient (Wildman–Crippen LogP) is 0.199. The fourth-order valence-corrected chi connectivity index (χ4v) is 13.2. The highest BCUT2D eigenvalue weighted by molar-refractivity contribution is 6.20. The summed E-state index contributed by atoms with van der Waals surface area (Å²) in [6.45, 7) is 12.2. The van der Waals surface area contributed by atoms with Crippen LogP contribution in [0.3, 0.4) is 0 Å². The van der Waals surface area contributed by atoms with Gasteiger partial charge in [-0.1, -0.05) is 72.8 Å². The third kappa shape index (κ3) is 9.95. The van der Waals surface area contributed by atoms with Gasteiger partial charge in [0.15, 0.2) is 23.6 Å². The minimum atomic E-state index is -1.75. The summed E-state index contributed by atoms with van der Waals surface area (Å²) < 4.78 is 42.6. The first-order valence-corrected chi connectivity index (χ1v) is 28.2. The van der Waals surface area contributed by atoms with Crippen LogP contribution in [0.1, 0.15) is 119 Å². The quantitative estimate of drug-likeness (QED) is 0.150. The van der Waals surface area contributed by atoms with Crippen LogP contribution in [0.25, 0.3) is 0 Å². The van der Waals surface area contributed by atoms with E-state index >= 15 is 0 Å². The molecule has 0 unspecified atom stereocenters. The van der Waals surface area contributed by atoms with Gasteiger partial charge in [-0.25, -0.2) is 39.1 Å². The third-order valence-corrected chi connectivity index (χ3v) is 17.6. The SMILES string of the molecule is COC(=O)[C@@]1(C)N=C(C)O[C@@]12C(=O)N(C)C(=O)c1ccccc12.COC(=O)[C@@]1(C)N=C(C)O[C@@]12C(=O)N(C)C(=O)c1ccccc12.COC(=O)[C@@]1(C)N=C(C)O[C@@]12C(=O)N(C)C(=O)c1ccccc12.COC(=O)[C@]1(C)N=C(C)O[C@]12C(=O)N(C)C(=O)c1ccccc12.O.O.O.O. The number of carbonyl (C=O) groups is 12. The van der Waals surface area contributed by atoms with Gasteiger partial charge in [-0.2, -0.15) is 0 Å². The van der Waals surface area contributed by atoms with Crippen LogP contribution in [0.5, 0.6) is 0 Å². The zero-order valence-corrected chi connectivity index (χ0v) is 55.0. The maximum atomic E-state index is 13.0. The van der Waals surface area contributed by atoms with Crippen LogP contribution in [0.2, 0.25) is 0 Å². The molecule has 0 saturated carbocycles. The molecule has 8 amide bonds. The van der Waals surface area contributed by atoms with Crippen molar-refractivity contribution < 1.29 is 117 Å². The number of esters is 4. The Morgan fingerprint density at radius 3 is 0.635 bits per heavy atom. The van der Waals surface area contributed by atoms with Crippen molar-refractivity contribution in [1.82, 2.24) is 19.6 Å². The molecule has 8 heterocycles. The van der Waals surface area contributed by atoms with Crippen molar-refractivity contribution in [2.75, 3.05) is 56.6 Å². The smallest absolute Gasteiger partial charge is 0.338 e. The molecule has 0 bridgehead atoms. The number of aliphatic imine (C=N–C) groups is 4. The fourth-order valence-electron chi connectivity index (χ4n) is 13.2. The van der Waals surface area contributed by atoms with Crippen LogP contribution in [-0.2, 0) is 98.7 Å². The molecular formula is C64H72N8O24. The molecule has 8 N–H and O–H groups in total. The number of fused-ring (bicyclic) bond motifs is 8. The second-order valence-corrected chi connectivity index (χ2v) is 22.8. The number of hydrogen-bond acceptors (Lipinski definition) is 24. The Labute approximate surface area is 548 Å². The Bertz CT molecular complexity index is 3610. The Morgan fingerprint density at radius 1 is 0.323 bits per heavy atom. The Balaban J connectivity index is 0.000000228. The summed E-state index contributed by atoms with van der Waals surface area (Å²) in [5.74, 6) is -6.46. The maximum Gasteiger partial charge on any atom is 0.338 e. The highest BCUT2D eigenvalue weighted by Gasteiger charge is 2.74. The minimum absolute atomic E-state index is 0. The number of likely N-dealkylation sites (N-methyl/N-ethyl adjacent to an activating group) is 4. The molecule has 96 heavy (non-hydrogen) atoms. The van der Waals surface area contributed by atoms with Gasteiger partial charge in [0.2, 0.25) is 44.6 Å². The molecule has 8 atom stereocenters. The predicted molar refractivity (Wildman–Crippen MR) is 334 cm³/mol. The number of hydrogen-bond donors (Lipinski definition) is 0. The van der Waals surface area contributed by atoms with E-state index in [4.69, 9.17) is 37.9 Å². The lowest BCUT2D eigenvalue weighted by Gasteiger charge is -2.42. The van der Waals surface area contributed by atoms with Gasteiger partial charge in [0.05, 0.1) is 28.4 Å². The number of ether oxygens (including phenoxy) is 8. The average Bonchev–Trinajstić information content (AvgIpc) is 1.51. The molecule has 0 fully saturated rings. The highest BCUT2D eigenvalue weighted by atomic mass is 16.6. The molecule has 0 aromatic heterocycles. The Hall–Kier alpha value is -11.0. The van der Waals surface area contributed by atoms with Crippen LogP contribution in [0.4, 0.5) is 0 Å². The average molecular weight is 1340 g/mol. The number of imide groups is 4. The highest BCUT2D eigenvalue weighted by Crippen LogP contribution is 2.54. The first-order chi connectivity index (χ1) is 43.2. The standard InChI is InChI=1S/4C16H16N2O5.4H2O/c4*1-9-17-15(2,14(21)22-4)16(23-9)11-8-6-5-7-10(11)12(19)18(3)13(16)20;;;;/h4*5-8H,1-4H3;4*1H2/t4*15-,16+;;;;/m1110..../s1. The zero-order chi connectivity index (χ0) is 68.0.